The van der Waals surface area contributed by atoms with Crippen LogP contribution >= 0.6 is 0 Å². The van der Waals surface area contributed by atoms with Crippen LogP contribution in [0.1, 0.15) is 45.7 Å². The molecule has 2 N–H and O–H groups in total. The summed E-state index contributed by atoms with van der Waals surface area (Å²) in [7, 11) is 0. The van der Waals surface area contributed by atoms with Gasteiger partial charge in [-0.1, -0.05) is 38.1 Å². The fraction of sp³-hybridized carbons (Fsp3) is 0.222. The summed E-state index contributed by atoms with van der Waals surface area (Å²) in [6.07, 6.45) is -4.47. The molecule has 1 heterocycles. The molecule has 0 spiro atoms. The second kappa shape index (κ2) is 9.49. The molecule has 0 radical (unpaired) electrons. The predicted octanol–water partition coefficient (Wildman–Crippen LogP) is 5.69. The van der Waals surface area contributed by atoms with Gasteiger partial charge in [-0.05, 0) is 65.1 Å². The fourth-order valence-corrected chi connectivity index (χ4v) is 4.27. The highest BCUT2D eigenvalue weighted by Gasteiger charge is 2.38. The number of rotatable bonds is 6. The van der Waals surface area contributed by atoms with Gasteiger partial charge in [-0.3, -0.25) is 9.59 Å². The highest BCUT2D eigenvalue weighted by Crippen LogP contribution is 2.32. The summed E-state index contributed by atoms with van der Waals surface area (Å²) in [5.74, 6) is -2.16. The van der Waals surface area contributed by atoms with Crippen LogP contribution in [-0.4, -0.2) is 33.8 Å². The number of amides is 2. The number of benzene rings is 3. The van der Waals surface area contributed by atoms with Gasteiger partial charge in [0.15, 0.2) is 0 Å². The average Bonchev–Trinajstić information content (AvgIpc) is 3.14. The first-order valence-corrected chi connectivity index (χ1v) is 11.2. The number of halogens is 3. The van der Waals surface area contributed by atoms with Crippen molar-refractivity contribution in [2.24, 2.45) is 5.92 Å². The third kappa shape index (κ3) is 4.95. The molecule has 0 aromatic heterocycles. The summed E-state index contributed by atoms with van der Waals surface area (Å²) in [6.45, 7) is 3.76. The van der Waals surface area contributed by atoms with E-state index < -0.39 is 29.7 Å². The molecule has 0 fully saturated rings. The molecular formula is C27H23F3N2O4. The smallest absolute Gasteiger partial charge is 0.416 e. The first-order chi connectivity index (χ1) is 17.0. The Kier molecular flexibility index (Phi) is 6.58. The van der Waals surface area contributed by atoms with E-state index in [2.05, 4.69) is 5.32 Å². The first-order valence-electron chi connectivity index (χ1n) is 11.2. The van der Waals surface area contributed by atoms with Crippen LogP contribution in [0.5, 0.6) is 0 Å². The third-order valence-electron chi connectivity index (χ3n) is 6.11. The van der Waals surface area contributed by atoms with Gasteiger partial charge in [0, 0.05) is 23.4 Å². The van der Waals surface area contributed by atoms with E-state index in [1.165, 1.54) is 4.90 Å². The van der Waals surface area contributed by atoms with Crippen molar-refractivity contribution in [3.63, 3.8) is 0 Å². The zero-order valence-electron chi connectivity index (χ0n) is 19.5. The first kappa shape index (κ1) is 25.0. The topological polar surface area (TPSA) is 86.7 Å². The Morgan fingerprint density at radius 3 is 2.11 bits per heavy atom. The van der Waals surface area contributed by atoms with Crippen molar-refractivity contribution in [3.8, 4) is 11.1 Å². The Bertz CT molecular complexity index is 1320. The number of nitrogens with zero attached hydrogens (tertiary/aromatic N) is 1. The molecular weight excluding hydrogens is 473 g/mol. The third-order valence-corrected chi connectivity index (χ3v) is 6.11. The lowest BCUT2D eigenvalue weighted by molar-refractivity contribution is -0.144. The van der Waals surface area contributed by atoms with Crippen LogP contribution < -0.4 is 5.32 Å². The number of hydrogen-bond acceptors (Lipinski definition) is 3. The molecule has 6 nitrogen and oxygen atoms in total. The molecule has 1 aliphatic rings. The number of carbonyl (C=O) groups excluding carboxylic acids is 2. The number of nitrogens with one attached hydrogen (secondary N) is 1. The maximum atomic E-state index is 13.0. The Labute approximate surface area is 205 Å². The van der Waals surface area contributed by atoms with Crippen LogP contribution in [0.25, 0.3) is 11.1 Å². The van der Waals surface area contributed by atoms with Gasteiger partial charge >= 0.3 is 12.1 Å². The molecule has 0 saturated heterocycles. The molecule has 0 saturated carbocycles. The SMILES string of the molecule is CC(C)[C@@H](C(=O)O)N1Cc2ccc(-c3ccc(NC(=O)c4ccc(C(F)(F)F)cc4)cc3)cc2C1=O. The minimum Gasteiger partial charge on any atom is -0.480 e. The van der Waals surface area contributed by atoms with Crippen LogP contribution in [0, 0.1) is 5.92 Å². The zero-order chi connectivity index (χ0) is 26.2. The Morgan fingerprint density at radius 1 is 0.944 bits per heavy atom. The molecule has 36 heavy (non-hydrogen) atoms. The summed E-state index contributed by atoms with van der Waals surface area (Å²) >= 11 is 0. The molecule has 1 atom stereocenters. The molecule has 0 aliphatic carbocycles. The number of hydrogen-bond donors (Lipinski definition) is 2. The van der Waals surface area contributed by atoms with Crippen LogP contribution in [0.15, 0.2) is 66.7 Å². The van der Waals surface area contributed by atoms with Gasteiger partial charge in [-0.25, -0.2) is 4.79 Å². The van der Waals surface area contributed by atoms with E-state index in [1.807, 2.05) is 12.1 Å². The van der Waals surface area contributed by atoms with Crippen LogP contribution in [-0.2, 0) is 17.5 Å². The number of carboxylic acid groups (broad SMARTS) is 1. The predicted molar refractivity (Wildman–Crippen MR) is 127 cm³/mol. The van der Waals surface area contributed by atoms with E-state index >= 15 is 0 Å². The Morgan fingerprint density at radius 2 is 1.56 bits per heavy atom. The van der Waals surface area contributed by atoms with Crippen LogP contribution in [0.4, 0.5) is 18.9 Å². The molecule has 4 rings (SSSR count). The summed E-state index contributed by atoms with van der Waals surface area (Å²) < 4.78 is 38.1. The lowest BCUT2D eigenvalue weighted by Crippen LogP contribution is -2.44. The van der Waals surface area contributed by atoms with E-state index in [9.17, 15) is 32.7 Å². The standard InChI is InChI=1S/C27H23F3N2O4/c1-15(2)23(26(35)36)32-14-19-4-3-18(13-22(19)25(32)34)16-7-11-21(12-8-16)31-24(33)17-5-9-20(10-6-17)27(28,29)30/h3-13,15,23H,14H2,1-2H3,(H,31,33)(H,35,36)/t23-/m0/s1. The number of carbonyl (C=O) groups is 3. The highest BCUT2D eigenvalue weighted by molar-refractivity contribution is 6.04. The Hall–Kier alpha value is -4.14. The van der Waals surface area contributed by atoms with E-state index in [0.717, 1.165) is 41.0 Å². The van der Waals surface area contributed by atoms with E-state index in [1.54, 1.807) is 44.2 Å². The maximum Gasteiger partial charge on any atom is 0.416 e. The van der Waals surface area contributed by atoms with Crippen molar-refractivity contribution in [2.45, 2.75) is 32.6 Å². The number of anilines is 1. The maximum absolute atomic E-state index is 13.0. The van der Waals surface area contributed by atoms with E-state index in [4.69, 9.17) is 0 Å². The minimum atomic E-state index is -4.47. The van der Waals surface area contributed by atoms with Crippen molar-refractivity contribution < 1.29 is 32.7 Å². The van der Waals surface area contributed by atoms with Gasteiger partial charge in [0.1, 0.15) is 6.04 Å². The Balaban J connectivity index is 1.48. The molecule has 1 aliphatic heterocycles. The minimum absolute atomic E-state index is 0.0924. The lowest BCUT2D eigenvalue weighted by atomic mass is 10.00. The van der Waals surface area contributed by atoms with Crippen molar-refractivity contribution >= 4 is 23.5 Å². The van der Waals surface area contributed by atoms with Gasteiger partial charge in [-0.15, -0.1) is 0 Å². The molecule has 186 valence electrons. The average molecular weight is 496 g/mol. The van der Waals surface area contributed by atoms with Gasteiger partial charge in [0.25, 0.3) is 11.8 Å². The van der Waals surface area contributed by atoms with Crippen LogP contribution in [0.3, 0.4) is 0 Å². The fourth-order valence-electron chi connectivity index (χ4n) is 4.27. The van der Waals surface area contributed by atoms with Gasteiger partial charge in [0.2, 0.25) is 0 Å². The highest BCUT2D eigenvalue weighted by atomic mass is 19.4. The second-order valence-electron chi connectivity index (χ2n) is 8.94. The van der Waals surface area contributed by atoms with Gasteiger partial charge in [0.05, 0.1) is 5.56 Å². The van der Waals surface area contributed by atoms with Gasteiger partial charge < -0.3 is 15.3 Å². The van der Waals surface area contributed by atoms with Crippen LogP contribution in [0.2, 0.25) is 0 Å². The summed E-state index contributed by atoms with van der Waals surface area (Å²) in [4.78, 5) is 38.4. The quantitative estimate of drug-likeness (QED) is 0.459. The number of aliphatic carboxylic acids is 1. The molecule has 0 unspecified atom stereocenters. The monoisotopic (exact) mass is 496 g/mol. The molecule has 3 aromatic rings. The largest absolute Gasteiger partial charge is 0.480 e. The second-order valence-corrected chi connectivity index (χ2v) is 8.94. The van der Waals surface area contributed by atoms with Gasteiger partial charge in [-0.2, -0.15) is 13.2 Å². The van der Waals surface area contributed by atoms with Crippen molar-refractivity contribution in [2.75, 3.05) is 5.32 Å². The number of fused-ring (bicyclic) bond motifs is 1. The normalized spacial score (nSPS) is 14.1. The summed E-state index contributed by atoms with van der Waals surface area (Å²) in [5.41, 5.74) is 2.46. The zero-order valence-corrected chi connectivity index (χ0v) is 19.5. The van der Waals surface area contributed by atoms with E-state index in [0.29, 0.717) is 11.3 Å². The summed E-state index contributed by atoms with van der Waals surface area (Å²) in [6, 6.07) is 15.2. The van der Waals surface area contributed by atoms with E-state index in [-0.39, 0.29) is 23.9 Å². The number of carboxylic acids is 1. The van der Waals surface area contributed by atoms with Crippen molar-refractivity contribution in [3.05, 3.63) is 89.0 Å². The molecule has 0 bridgehead atoms. The van der Waals surface area contributed by atoms with Crippen molar-refractivity contribution in [1.29, 1.82) is 0 Å². The lowest BCUT2D eigenvalue weighted by Gasteiger charge is -2.27. The van der Waals surface area contributed by atoms with Crippen molar-refractivity contribution in [1.82, 2.24) is 4.90 Å². The summed E-state index contributed by atoms with van der Waals surface area (Å²) in [5, 5.41) is 12.2. The number of alkyl halides is 3. The molecule has 2 amide bonds. The molecule has 3 aromatic carbocycles. The molecule has 9 heteroatoms.